The van der Waals surface area contributed by atoms with Crippen LogP contribution in [0.15, 0.2) is 18.3 Å². The topological polar surface area (TPSA) is 85.1 Å². The number of anilines is 1. The van der Waals surface area contributed by atoms with E-state index in [1.807, 2.05) is 6.92 Å². The van der Waals surface area contributed by atoms with Gasteiger partial charge in [-0.05, 0) is 13.0 Å². The van der Waals surface area contributed by atoms with E-state index in [9.17, 15) is 14.9 Å². The van der Waals surface area contributed by atoms with Crippen molar-refractivity contribution in [3.05, 3.63) is 48.9 Å². The van der Waals surface area contributed by atoms with Crippen molar-refractivity contribution in [1.29, 1.82) is 0 Å². The Morgan fingerprint density at radius 3 is 2.70 bits per heavy atom. The predicted octanol–water partition coefficient (Wildman–Crippen LogP) is 3.92. The van der Waals surface area contributed by atoms with Crippen LogP contribution in [0.3, 0.4) is 0 Å². The van der Waals surface area contributed by atoms with E-state index in [1.165, 1.54) is 17.4 Å². The van der Waals surface area contributed by atoms with E-state index in [0.29, 0.717) is 5.13 Å². The molecular weight excluding hydrogens is 325 g/mol. The normalized spacial score (nSPS) is 10.3. The smallest absolute Gasteiger partial charge is 0.290 e. The highest BCUT2D eigenvalue weighted by Gasteiger charge is 2.20. The third kappa shape index (κ3) is 3.06. The Morgan fingerprint density at radius 1 is 1.45 bits per heavy atom. The molecule has 20 heavy (non-hydrogen) atoms. The maximum Gasteiger partial charge on any atom is 0.290 e. The van der Waals surface area contributed by atoms with Gasteiger partial charge in [-0.15, -0.1) is 11.3 Å². The fraction of sp³-hybridized carbons (Fsp3) is 0.0909. The number of aryl methyl sites for hydroxylation is 1. The van der Waals surface area contributed by atoms with Gasteiger partial charge < -0.3 is 0 Å². The summed E-state index contributed by atoms with van der Waals surface area (Å²) < 4.78 is 0. The largest absolute Gasteiger partial charge is 0.298 e. The number of rotatable bonds is 3. The van der Waals surface area contributed by atoms with Gasteiger partial charge in [0.1, 0.15) is 5.02 Å². The molecule has 0 spiro atoms. The van der Waals surface area contributed by atoms with Crippen LogP contribution in [-0.4, -0.2) is 15.8 Å². The monoisotopic (exact) mass is 331 g/mol. The molecule has 0 saturated carbocycles. The minimum atomic E-state index is -0.696. The summed E-state index contributed by atoms with van der Waals surface area (Å²) in [4.78, 5) is 27.0. The van der Waals surface area contributed by atoms with Crippen LogP contribution in [-0.2, 0) is 0 Å². The molecule has 0 aliphatic rings. The highest BCUT2D eigenvalue weighted by Crippen LogP contribution is 2.33. The Balaban J connectivity index is 2.32. The summed E-state index contributed by atoms with van der Waals surface area (Å²) in [5.74, 6) is -0.541. The average Bonchev–Trinajstić information content (AvgIpc) is 2.77. The molecule has 2 aromatic rings. The zero-order valence-electron chi connectivity index (χ0n) is 10.0. The van der Waals surface area contributed by atoms with E-state index in [1.54, 1.807) is 6.20 Å². The quantitative estimate of drug-likeness (QED) is 0.682. The number of carbonyl (C=O) groups is 1. The van der Waals surface area contributed by atoms with Crippen LogP contribution < -0.4 is 5.32 Å². The van der Waals surface area contributed by atoms with Crippen molar-refractivity contribution in [3.8, 4) is 0 Å². The minimum absolute atomic E-state index is 0.0407. The molecule has 104 valence electrons. The first kappa shape index (κ1) is 14.7. The van der Waals surface area contributed by atoms with E-state index < -0.39 is 16.5 Å². The van der Waals surface area contributed by atoms with Crippen LogP contribution in [0.2, 0.25) is 10.0 Å². The van der Waals surface area contributed by atoms with Gasteiger partial charge in [0.15, 0.2) is 5.13 Å². The Hall–Kier alpha value is -1.70. The van der Waals surface area contributed by atoms with Gasteiger partial charge in [-0.2, -0.15) is 0 Å². The number of carbonyl (C=O) groups excluding carboxylic acids is 1. The number of nitrogens with zero attached hydrogens (tertiary/aromatic N) is 2. The van der Waals surface area contributed by atoms with E-state index in [2.05, 4.69) is 10.3 Å². The molecule has 1 aromatic heterocycles. The Morgan fingerprint density at radius 2 is 2.15 bits per heavy atom. The maximum atomic E-state index is 12.0. The molecule has 1 amide bonds. The number of aromatic nitrogens is 1. The lowest BCUT2D eigenvalue weighted by molar-refractivity contribution is -0.384. The number of amides is 1. The fourth-order valence-corrected chi connectivity index (χ4v) is 2.47. The number of benzene rings is 1. The van der Waals surface area contributed by atoms with Crippen LogP contribution in [0, 0.1) is 17.0 Å². The molecule has 9 heteroatoms. The molecule has 0 radical (unpaired) electrons. The summed E-state index contributed by atoms with van der Waals surface area (Å²) in [5.41, 5.74) is -0.376. The Labute approximate surface area is 127 Å². The lowest BCUT2D eigenvalue weighted by Gasteiger charge is -2.04. The van der Waals surface area contributed by atoms with Gasteiger partial charge in [0, 0.05) is 22.7 Å². The van der Waals surface area contributed by atoms with Crippen molar-refractivity contribution in [2.45, 2.75) is 6.92 Å². The summed E-state index contributed by atoms with van der Waals surface area (Å²) >= 11 is 12.8. The summed E-state index contributed by atoms with van der Waals surface area (Å²) in [6, 6.07) is 2.34. The van der Waals surface area contributed by atoms with Gasteiger partial charge >= 0.3 is 0 Å². The summed E-state index contributed by atoms with van der Waals surface area (Å²) in [6.45, 7) is 1.84. The molecule has 0 aliphatic carbocycles. The molecule has 0 atom stereocenters. The third-order valence-corrected chi connectivity index (χ3v) is 3.93. The molecule has 0 saturated heterocycles. The van der Waals surface area contributed by atoms with Crippen molar-refractivity contribution in [2.75, 3.05) is 5.32 Å². The lowest BCUT2D eigenvalue weighted by atomic mass is 10.2. The van der Waals surface area contributed by atoms with Crippen molar-refractivity contribution in [3.63, 3.8) is 0 Å². The standard InChI is InChI=1S/C11H7Cl2N3O3S/c1-5-4-14-11(20-5)15-10(17)6-2-7(12)9(13)8(3-6)16(18)19/h2-4H,1H3,(H,14,15,17). The second-order valence-electron chi connectivity index (χ2n) is 3.78. The highest BCUT2D eigenvalue weighted by atomic mass is 35.5. The number of nitro benzene ring substituents is 1. The van der Waals surface area contributed by atoms with Crippen LogP contribution in [0.25, 0.3) is 0 Å². The molecule has 1 N–H and O–H groups in total. The van der Waals surface area contributed by atoms with Crippen LogP contribution in [0.5, 0.6) is 0 Å². The Bertz CT molecular complexity index is 702. The summed E-state index contributed by atoms with van der Waals surface area (Å²) in [7, 11) is 0. The van der Waals surface area contributed by atoms with E-state index in [0.717, 1.165) is 10.9 Å². The van der Waals surface area contributed by atoms with Gasteiger partial charge in [-0.3, -0.25) is 20.2 Å². The molecule has 0 unspecified atom stereocenters. The molecule has 6 nitrogen and oxygen atoms in total. The molecule has 0 bridgehead atoms. The van der Waals surface area contributed by atoms with Gasteiger partial charge in [-0.1, -0.05) is 23.2 Å². The van der Waals surface area contributed by atoms with E-state index in [4.69, 9.17) is 23.2 Å². The molecule has 2 rings (SSSR count). The van der Waals surface area contributed by atoms with Crippen molar-refractivity contribution in [2.24, 2.45) is 0 Å². The van der Waals surface area contributed by atoms with Gasteiger partial charge in [-0.25, -0.2) is 4.98 Å². The number of hydrogen-bond donors (Lipinski definition) is 1. The summed E-state index contributed by atoms with van der Waals surface area (Å²) in [6.07, 6.45) is 1.61. The van der Waals surface area contributed by atoms with Crippen molar-refractivity contribution in [1.82, 2.24) is 4.98 Å². The fourth-order valence-electron chi connectivity index (χ4n) is 1.42. The SMILES string of the molecule is Cc1cnc(NC(=O)c2cc(Cl)c(Cl)c([N+](=O)[O-])c2)s1. The zero-order chi connectivity index (χ0) is 14.9. The van der Waals surface area contributed by atoms with E-state index in [-0.39, 0.29) is 15.6 Å². The third-order valence-electron chi connectivity index (χ3n) is 2.31. The van der Waals surface area contributed by atoms with Gasteiger partial charge in [0.05, 0.1) is 9.95 Å². The first-order chi connectivity index (χ1) is 9.38. The number of nitrogens with one attached hydrogen (secondary N) is 1. The van der Waals surface area contributed by atoms with E-state index >= 15 is 0 Å². The maximum absolute atomic E-state index is 12.0. The average molecular weight is 332 g/mol. The molecule has 1 aromatic carbocycles. The second-order valence-corrected chi connectivity index (χ2v) is 5.80. The molecular formula is C11H7Cl2N3O3S. The van der Waals surface area contributed by atoms with Gasteiger partial charge in [0.2, 0.25) is 0 Å². The molecule has 0 aliphatic heterocycles. The number of hydrogen-bond acceptors (Lipinski definition) is 5. The van der Waals surface area contributed by atoms with Crippen LogP contribution in [0.1, 0.15) is 15.2 Å². The van der Waals surface area contributed by atoms with Crippen molar-refractivity contribution >= 4 is 51.3 Å². The first-order valence-electron chi connectivity index (χ1n) is 5.25. The minimum Gasteiger partial charge on any atom is -0.298 e. The number of nitro groups is 1. The molecule has 0 fully saturated rings. The number of halogens is 2. The van der Waals surface area contributed by atoms with Crippen LogP contribution in [0.4, 0.5) is 10.8 Å². The lowest BCUT2D eigenvalue weighted by Crippen LogP contribution is -2.12. The van der Waals surface area contributed by atoms with Gasteiger partial charge in [0.25, 0.3) is 11.6 Å². The predicted molar refractivity (Wildman–Crippen MR) is 77.9 cm³/mol. The Kier molecular flexibility index (Phi) is 4.22. The molecule has 1 heterocycles. The summed E-state index contributed by atoms with van der Waals surface area (Å²) in [5, 5.41) is 13.5. The first-order valence-corrected chi connectivity index (χ1v) is 6.83. The highest BCUT2D eigenvalue weighted by molar-refractivity contribution is 7.15. The zero-order valence-corrected chi connectivity index (χ0v) is 12.3. The van der Waals surface area contributed by atoms with Crippen LogP contribution >= 0.6 is 34.5 Å². The number of thiazole rings is 1. The second kappa shape index (κ2) is 5.74. The van der Waals surface area contributed by atoms with Crippen molar-refractivity contribution < 1.29 is 9.72 Å².